The van der Waals surface area contributed by atoms with Gasteiger partial charge < -0.3 is 20.3 Å². The lowest BCUT2D eigenvalue weighted by atomic mass is 9.82. The van der Waals surface area contributed by atoms with Crippen molar-refractivity contribution in [2.45, 2.75) is 51.5 Å². The van der Waals surface area contributed by atoms with Gasteiger partial charge in [-0.05, 0) is 62.3 Å². The number of benzene rings is 1. The van der Waals surface area contributed by atoms with Crippen LogP contribution >= 0.6 is 0 Å². The van der Waals surface area contributed by atoms with Crippen molar-refractivity contribution < 1.29 is 14.3 Å². The SMILES string of the molecule is COCC(=O)NC1(CC2CC2)CCN(C(=O)Nc2ccc(C)c(C)c2)CC1. The van der Waals surface area contributed by atoms with Crippen molar-refractivity contribution in [3.8, 4) is 0 Å². The van der Waals surface area contributed by atoms with E-state index < -0.39 is 0 Å². The summed E-state index contributed by atoms with van der Waals surface area (Å²) in [4.78, 5) is 26.6. The standard InChI is InChI=1S/C21H31N3O3/c1-15-4-7-18(12-16(15)2)22-20(26)24-10-8-21(9-11-24,13-17-5-6-17)23-19(25)14-27-3/h4,7,12,17H,5-6,8-11,13-14H2,1-3H3,(H,22,26)(H,23,25). The summed E-state index contributed by atoms with van der Waals surface area (Å²) in [6, 6.07) is 5.89. The molecule has 0 bridgehead atoms. The highest BCUT2D eigenvalue weighted by molar-refractivity contribution is 5.89. The maximum atomic E-state index is 12.6. The number of amides is 3. The van der Waals surface area contributed by atoms with Crippen LogP contribution in [0.25, 0.3) is 0 Å². The number of likely N-dealkylation sites (tertiary alicyclic amines) is 1. The zero-order valence-electron chi connectivity index (χ0n) is 16.6. The molecule has 1 aromatic rings. The molecule has 2 fully saturated rings. The molecule has 1 aliphatic carbocycles. The Hall–Kier alpha value is -2.08. The van der Waals surface area contributed by atoms with Crippen molar-refractivity contribution in [2.24, 2.45) is 5.92 Å². The monoisotopic (exact) mass is 373 g/mol. The molecule has 0 spiro atoms. The van der Waals surface area contributed by atoms with Gasteiger partial charge in [0.1, 0.15) is 6.61 Å². The molecule has 27 heavy (non-hydrogen) atoms. The molecule has 1 aliphatic heterocycles. The molecule has 3 rings (SSSR count). The van der Waals surface area contributed by atoms with E-state index in [1.54, 1.807) is 0 Å². The Morgan fingerprint density at radius 3 is 2.48 bits per heavy atom. The predicted octanol–water partition coefficient (Wildman–Crippen LogP) is 3.23. The van der Waals surface area contributed by atoms with Crippen LogP contribution in [0.4, 0.5) is 10.5 Å². The van der Waals surface area contributed by atoms with E-state index in [0.717, 1.165) is 30.5 Å². The van der Waals surface area contributed by atoms with E-state index in [1.807, 2.05) is 30.0 Å². The molecule has 6 heteroatoms. The number of carbonyl (C=O) groups is 2. The number of urea groups is 1. The molecule has 1 saturated carbocycles. The number of carbonyl (C=O) groups excluding carboxylic acids is 2. The zero-order valence-corrected chi connectivity index (χ0v) is 16.6. The number of nitrogens with one attached hydrogen (secondary N) is 2. The van der Waals surface area contributed by atoms with Crippen molar-refractivity contribution in [3.63, 3.8) is 0 Å². The normalized spacial score (nSPS) is 18.9. The lowest BCUT2D eigenvalue weighted by Crippen LogP contribution is -2.57. The molecule has 3 amide bonds. The fraction of sp³-hybridized carbons (Fsp3) is 0.619. The molecule has 1 aromatic carbocycles. The molecule has 0 unspecified atom stereocenters. The molecule has 2 N–H and O–H groups in total. The van der Waals surface area contributed by atoms with Crippen LogP contribution in [0.1, 0.15) is 43.2 Å². The first-order valence-electron chi connectivity index (χ1n) is 9.84. The van der Waals surface area contributed by atoms with Crippen molar-refractivity contribution in [1.29, 1.82) is 0 Å². The van der Waals surface area contributed by atoms with Crippen molar-refractivity contribution in [1.82, 2.24) is 10.2 Å². The number of methoxy groups -OCH3 is 1. The molecular weight excluding hydrogens is 342 g/mol. The number of hydrogen-bond acceptors (Lipinski definition) is 3. The van der Waals surface area contributed by atoms with Crippen LogP contribution in [-0.4, -0.2) is 49.2 Å². The van der Waals surface area contributed by atoms with Gasteiger partial charge in [-0.1, -0.05) is 18.9 Å². The van der Waals surface area contributed by atoms with Gasteiger partial charge in [-0.2, -0.15) is 0 Å². The molecule has 0 aromatic heterocycles. The average molecular weight is 373 g/mol. The van der Waals surface area contributed by atoms with Crippen LogP contribution in [-0.2, 0) is 9.53 Å². The summed E-state index contributed by atoms with van der Waals surface area (Å²) in [5.74, 6) is 0.648. The molecular formula is C21H31N3O3. The maximum absolute atomic E-state index is 12.6. The van der Waals surface area contributed by atoms with Gasteiger partial charge in [0.25, 0.3) is 0 Å². The summed E-state index contributed by atoms with van der Waals surface area (Å²) in [5.41, 5.74) is 3.00. The van der Waals surface area contributed by atoms with Gasteiger partial charge in [-0.15, -0.1) is 0 Å². The number of piperidine rings is 1. The summed E-state index contributed by atoms with van der Waals surface area (Å²) in [6.45, 7) is 5.49. The highest BCUT2D eigenvalue weighted by Crippen LogP contribution is 2.40. The summed E-state index contributed by atoms with van der Waals surface area (Å²) in [7, 11) is 1.53. The van der Waals surface area contributed by atoms with E-state index in [2.05, 4.69) is 17.6 Å². The van der Waals surface area contributed by atoms with Gasteiger partial charge in [-0.25, -0.2) is 4.79 Å². The van der Waals surface area contributed by atoms with E-state index >= 15 is 0 Å². The average Bonchev–Trinajstić information content (AvgIpc) is 3.42. The molecule has 148 valence electrons. The number of nitrogens with zero attached hydrogens (tertiary/aromatic N) is 1. The first-order valence-corrected chi connectivity index (χ1v) is 9.84. The van der Waals surface area contributed by atoms with Crippen LogP contribution in [0.15, 0.2) is 18.2 Å². The first-order chi connectivity index (χ1) is 12.9. The second-order valence-corrected chi connectivity index (χ2v) is 8.13. The highest BCUT2D eigenvalue weighted by atomic mass is 16.5. The zero-order chi connectivity index (χ0) is 19.4. The van der Waals surface area contributed by atoms with Gasteiger partial charge in [0, 0.05) is 31.4 Å². The Morgan fingerprint density at radius 1 is 1.19 bits per heavy atom. The lowest BCUT2D eigenvalue weighted by Gasteiger charge is -2.42. The molecule has 1 saturated heterocycles. The molecule has 0 atom stereocenters. The fourth-order valence-electron chi connectivity index (χ4n) is 3.88. The van der Waals surface area contributed by atoms with Crippen molar-refractivity contribution in [3.05, 3.63) is 29.3 Å². The molecule has 0 radical (unpaired) electrons. The van der Waals surface area contributed by atoms with E-state index in [0.29, 0.717) is 19.0 Å². The number of hydrogen-bond donors (Lipinski definition) is 2. The smallest absolute Gasteiger partial charge is 0.321 e. The Morgan fingerprint density at radius 2 is 1.89 bits per heavy atom. The summed E-state index contributed by atoms with van der Waals surface area (Å²) < 4.78 is 4.97. The molecule has 2 aliphatic rings. The third kappa shape index (κ3) is 5.22. The third-order valence-corrected chi connectivity index (χ3v) is 5.82. The van der Waals surface area contributed by atoms with E-state index in [4.69, 9.17) is 4.74 Å². The molecule has 1 heterocycles. The maximum Gasteiger partial charge on any atom is 0.321 e. The van der Waals surface area contributed by atoms with E-state index in [1.165, 1.54) is 25.5 Å². The summed E-state index contributed by atoms with van der Waals surface area (Å²) in [5, 5.41) is 6.21. The number of ether oxygens (including phenoxy) is 1. The first kappa shape index (κ1) is 19.7. The summed E-state index contributed by atoms with van der Waals surface area (Å²) in [6.07, 6.45) is 5.09. The van der Waals surface area contributed by atoms with Crippen LogP contribution in [0.2, 0.25) is 0 Å². The van der Waals surface area contributed by atoms with Gasteiger partial charge >= 0.3 is 6.03 Å². The Kier molecular flexibility index (Phi) is 6.05. The van der Waals surface area contributed by atoms with Crippen molar-refractivity contribution >= 4 is 17.6 Å². The minimum Gasteiger partial charge on any atom is -0.375 e. The molecule has 6 nitrogen and oxygen atoms in total. The van der Waals surface area contributed by atoms with Crippen LogP contribution in [0.5, 0.6) is 0 Å². The highest BCUT2D eigenvalue weighted by Gasteiger charge is 2.41. The van der Waals surface area contributed by atoms with Gasteiger partial charge in [0.15, 0.2) is 0 Å². The van der Waals surface area contributed by atoms with Crippen LogP contribution in [0, 0.1) is 19.8 Å². The lowest BCUT2D eigenvalue weighted by molar-refractivity contribution is -0.127. The van der Waals surface area contributed by atoms with Crippen LogP contribution in [0.3, 0.4) is 0 Å². The van der Waals surface area contributed by atoms with E-state index in [-0.39, 0.29) is 24.1 Å². The largest absolute Gasteiger partial charge is 0.375 e. The van der Waals surface area contributed by atoms with Gasteiger partial charge in [0.05, 0.1) is 0 Å². The van der Waals surface area contributed by atoms with Gasteiger partial charge in [-0.3, -0.25) is 4.79 Å². The summed E-state index contributed by atoms with van der Waals surface area (Å²) >= 11 is 0. The Labute approximate surface area is 161 Å². The van der Waals surface area contributed by atoms with Gasteiger partial charge in [0.2, 0.25) is 5.91 Å². The second kappa shape index (κ2) is 8.30. The number of aryl methyl sites for hydroxylation is 2. The Bertz CT molecular complexity index is 692. The predicted molar refractivity (Wildman–Crippen MR) is 106 cm³/mol. The van der Waals surface area contributed by atoms with Crippen molar-refractivity contribution in [2.75, 3.05) is 32.1 Å². The van der Waals surface area contributed by atoms with E-state index in [9.17, 15) is 9.59 Å². The minimum absolute atomic E-state index is 0.0637. The minimum atomic E-state index is -0.200. The topological polar surface area (TPSA) is 70.7 Å². The number of anilines is 1. The Balaban J connectivity index is 1.58. The fourth-order valence-corrected chi connectivity index (χ4v) is 3.88. The third-order valence-electron chi connectivity index (χ3n) is 5.82. The van der Waals surface area contributed by atoms with Crippen LogP contribution < -0.4 is 10.6 Å². The quantitative estimate of drug-likeness (QED) is 0.804. The number of rotatable bonds is 6. The second-order valence-electron chi connectivity index (χ2n) is 8.13.